The maximum Gasteiger partial charge on any atom is 0.278 e. The van der Waals surface area contributed by atoms with Crippen LogP contribution in [0.1, 0.15) is 5.82 Å². The van der Waals surface area contributed by atoms with Gasteiger partial charge in [-0.25, -0.2) is 0 Å². The van der Waals surface area contributed by atoms with Gasteiger partial charge >= 0.3 is 0 Å². The van der Waals surface area contributed by atoms with E-state index in [1.165, 1.54) is 35.5 Å². The van der Waals surface area contributed by atoms with Crippen LogP contribution in [0.4, 0.5) is 5.13 Å². The van der Waals surface area contributed by atoms with Gasteiger partial charge in [0.2, 0.25) is 16.6 Å². The number of hydrogen-bond donors (Lipinski definition) is 2. The van der Waals surface area contributed by atoms with E-state index in [1.54, 1.807) is 0 Å². The number of nitrogens with one attached hydrogen (secondary N) is 1. The van der Waals surface area contributed by atoms with Gasteiger partial charge in [-0.3, -0.25) is 9.59 Å². The van der Waals surface area contributed by atoms with Crippen LogP contribution in [0, 0.1) is 0 Å². The van der Waals surface area contributed by atoms with Gasteiger partial charge in [0.1, 0.15) is 20.2 Å². The zero-order chi connectivity index (χ0) is 24.4. The number of oxime groups is 1. The summed E-state index contributed by atoms with van der Waals surface area (Å²) in [6.07, 6.45) is 1.89. The van der Waals surface area contributed by atoms with E-state index in [1.807, 2.05) is 36.0 Å². The number of carbonyl (C=O) groups excluding carboxylic acids is 3. The predicted molar refractivity (Wildman–Crippen MR) is 123 cm³/mol. The summed E-state index contributed by atoms with van der Waals surface area (Å²) in [5.41, 5.74) is 5.17. The summed E-state index contributed by atoms with van der Waals surface area (Å²) in [6, 6.07) is 4.22. The smallest absolute Gasteiger partial charge is 0.278 e. The van der Waals surface area contributed by atoms with Crippen molar-refractivity contribution >= 4 is 63.7 Å². The van der Waals surface area contributed by atoms with Crippen LogP contribution in [-0.4, -0.2) is 68.5 Å². The molecule has 1 fully saturated rings. The predicted octanol–water partition coefficient (Wildman–Crippen LogP) is -1.51. The summed E-state index contributed by atoms with van der Waals surface area (Å²) in [5.74, 6) is -1.99. The van der Waals surface area contributed by atoms with Gasteiger partial charge in [-0.15, -0.1) is 11.8 Å². The molecule has 12 nitrogen and oxygen atoms in total. The lowest BCUT2D eigenvalue weighted by atomic mass is 9.94. The van der Waals surface area contributed by atoms with E-state index in [0.29, 0.717) is 16.4 Å². The highest BCUT2D eigenvalue weighted by atomic mass is 32.2. The van der Waals surface area contributed by atoms with Crippen molar-refractivity contribution in [3.05, 3.63) is 40.8 Å². The first-order valence-electron chi connectivity index (χ1n) is 9.81. The number of carboxylic acid groups (broad SMARTS) is 1. The van der Waals surface area contributed by atoms with Crippen LogP contribution in [0.5, 0.6) is 0 Å². The Labute approximate surface area is 206 Å². The Morgan fingerprint density at radius 3 is 2.91 bits per heavy atom. The largest absolute Gasteiger partial charge is 0.543 e. The lowest BCUT2D eigenvalue weighted by Crippen LogP contribution is -2.73. The first kappa shape index (κ1) is 24.0. The lowest BCUT2D eigenvalue weighted by molar-refractivity contribution is -0.708. The highest BCUT2D eigenvalue weighted by molar-refractivity contribution is 8.06. The van der Waals surface area contributed by atoms with E-state index in [4.69, 9.17) is 10.6 Å². The number of carboxylic acids is 1. The molecule has 2 aromatic heterocycles. The molecule has 0 aliphatic carbocycles. The van der Waals surface area contributed by atoms with Crippen LogP contribution in [0.25, 0.3) is 0 Å². The summed E-state index contributed by atoms with van der Waals surface area (Å²) < 4.78 is 5.86. The molecule has 0 spiro atoms. The van der Waals surface area contributed by atoms with Gasteiger partial charge in [-0.2, -0.15) is 13.9 Å². The number of pyridine rings is 1. The molecular weight excluding hydrogens is 502 g/mol. The van der Waals surface area contributed by atoms with Crippen molar-refractivity contribution in [2.45, 2.75) is 17.1 Å². The molecule has 2 aliphatic heterocycles. The van der Waals surface area contributed by atoms with Crippen LogP contribution in [0.15, 0.2) is 45.2 Å². The number of aliphatic carboxylic acids is 1. The highest BCUT2D eigenvalue weighted by Crippen LogP contribution is 2.40. The third-order valence-electron chi connectivity index (χ3n) is 5.04. The molecule has 2 amide bonds. The second kappa shape index (κ2) is 9.99. The second-order valence-corrected chi connectivity index (χ2v) is 10.0. The molecule has 0 radical (unpaired) electrons. The fourth-order valence-corrected chi connectivity index (χ4v) is 6.31. The summed E-state index contributed by atoms with van der Waals surface area (Å²) in [4.78, 5) is 47.9. The lowest BCUT2D eigenvalue weighted by Gasteiger charge is -2.51. The van der Waals surface area contributed by atoms with Gasteiger partial charge in [0.15, 0.2) is 11.3 Å². The van der Waals surface area contributed by atoms with Gasteiger partial charge in [0.25, 0.3) is 11.8 Å². The normalized spacial score (nSPS) is 20.0. The van der Waals surface area contributed by atoms with Crippen molar-refractivity contribution in [1.29, 1.82) is 0 Å². The molecule has 15 heteroatoms. The third-order valence-corrected chi connectivity index (χ3v) is 8.12. The molecule has 0 bridgehead atoms. The molecule has 2 aliphatic rings. The number of aromatic nitrogens is 3. The number of nitrogens with two attached hydrogens (primary N) is 1. The number of nitrogens with zero attached hydrogens (tertiary/aromatic N) is 5. The summed E-state index contributed by atoms with van der Waals surface area (Å²) in [6.45, 7) is 0. The summed E-state index contributed by atoms with van der Waals surface area (Å²) in [5, 5.41) is 19.3. The number of hydrogen-bond acceptors (Lipinski definition) is 12. The molecule has 2 unspecified atom stereocenters. The standard InChI is InChI=1S/C19H19N7O5S3/c1-25-6-4-3-5-11(25)33-8-10-14(18(29)30)26-9(7-32-10)12(17(26)28)21-16(27)13(23-31-2)15-22-19(20)34-24-15/h3-6,9,12H,7-8H2,1-2H3,(H3-,20,21,22,24,27,29,30). The molecule has 2 aromatic rings. The third kappa shape index (κ3) is 4.58. The number of nitrogen functional groups attached to an aromatic ring is 1. The SMILES string of the molecule is CON=C(C(=O)NC1C(=O)N2C(C(=O)[O-])=C(CSc3cccc[n+]3C)SCC12)c1nsc(N)n1. The molecule has 3 N–H and O–H groups in total. The number of amides is 2. The van der Waals surface area contributed by atoms with Crippen molar-refractivity contribution in [3.63, 3.8) is 0 Å². The summed E-state index contributed by atoms with van der Waals surface area (Å²) >= 11 is 3.67. The Bertz CT molecular complexity index is 1210. The van der Waals surface area contributed by atoms with Crippen molar-refractivity contribution in [2.24, 2.45) is 12.2 Å². The van der Waals surface area contributed by atoms with Crippen LogP contribution in [0.2, 0.25) is 0 Å². The number of anilines is 1. The minimum absolute atomic E-state index is 0.0350. The number of aryl methyl sites for hydroxylation is 1. The molecule has 1 saturated heterocycles. The van der Waals surface area contributed by atoms with E-state index < -0.39 is 29.9 Å². The average Bonchev–Trinajstić information content (AvgIpc) is 3.25. The van der Waals surface area contributed by atoms with E-state index in [0.717, 1.165) is 16.6 Å². The molecule has 34 heavy (non-hydrogen) atoms. The number of carbonyl (C=O) groups is 3. The monoisotopic (exact) mass is 521 g/mol. The maximum absolute atomic E-state index is 12.9. The number of thioether (sulfide) groups is 2. The molecule has 4 rings (SSSR count). The van der Waals surface area contributed by atoms with Gasteiger partial charge in [-0.05, 0) is 6.07 Å². The van der Waals surface area contributed by atoms with Crippen LogP contribution < -0.4 is 20.7 Å². The van der Waals surface area contributed by atoms with Gasteiger partial charge in [0.05, 0.1) is 17.7 Å². The Morgan fingerprint density at radius 2 is 2.26 bits per heavy atom. The van der Waals surface area contributed by atoms with E-state index in [9.17, 15) is 19.5 Å². The minimum atomic E-state index is -1.44. The number of β-lactam (4-membered cyclic amide) rings is 1. The Morgan fingerprint density at radius 1 is 1.47 bits per heavy atom. The van der Waals surface area contributed by atoms with E-state index >= 15 is 0 Å². The minimum Gasteiger partial charge on any atom is -0.543 e. The molecule has 0 saturated carbocycles. The van der Waals surface area contributed by atoms with Crippen molar-refractivity contribution in [1.82, 2.24) is 19.6 Å². The van der Waals surface area contributed by atoms with Gasteiger partial charge < -0.3 is 30.7 Å². The Kier molecular flexibility index (Phi) is 7.04. The Hall–Kier alpha value is -3.17. The van der Waals surface area contributed by atoms with Crippen LogP contribution in [-0.2, 0) is 26.3 Å². The van der Waals surface area contributed by atoms with Crippen molar-refractivity contribution in [3.8, 4) is 0 Å². The number of rotatable bonds is 8. The zero-order valence-electron chi connectivity index (χ0n) is 18.0. The van der Waals surface area contributed by atoms with Crippen molar-refractivity contribution in [2.75, 3.05) is 24.3 Å². The Balaban J connectivity index is 1.50. The first-order chi connectivity index (χ1) is 16.3. The van der Waals surface area contributed by atoms with E-state index in [2.05, 4.69) is 19.8 Å². The molecule has 2 atom stereocenters. The first-order valence-corrected chi connectivity index (χ1v) is 12.6. The fraction of sp³-hybridized carbons (Fsp3) is 0.316. The fourth-order valence-electron chi connectivity index (χ4n) is 3.47. The van der Waals surface area contributed by atoms with Gasteiger partial charge in [-0.1, -0.05) is 16.9 Å². The molecule has 4 heterocycles. The molecule has 178 valence electrons. The summed E-state index contributed by atoms with van der Waals surface area (Å²) in [7, 11) is 3.15. The number of fused-ring (bicyclic) bond motifs is 1. The van der Waals surface area contributed by atoms with Crippen molar-refractivity contribution < 1.29 is 28.9 Å². The second-order valence-electron chi connectivity index (χ2n) is 7.11. The van der Waals surface area contributed by atoms with E-state index in [-0.39, 0.29) is 22.4 Å². The van der Waals surface area contributed by atoms with Crippen LogP contribution >= 0.6 is 35.1 Å². The highest BCUT2D eigenvalue weighted by Gasteiger charge is 2.52. The molecular formula is C19H19N7O5S3. The quantitative estimate of drug-likeness (QED) is 0.137. The zero-order valence-corrected chi connectivity index (χ0v) is 20.4. The molecule has 0 aromatic carbocycles. The van der Waals surface area contributed by atoms with Crippen LogP contribution in [0.3, 0.4) is 0 Å². The average molecular weight is 522 g/mol. The topological polar surface area (TPSA) is 167 Å². The van der Waals surface area contributed by atoms with Gasteiger partial charge in [0, 0.05) is 40.1 Å². The maximum atomic E-state index is 12.9.